The van der Waals surface area contributed by atoms with Crippen molar-refractivity contribution in [2.45, 2.75) is 37.0 Å². The molecule has 2 unspecified atom stereocenters. The van der Waals surface area contributed by atoms with Crippen LogP contribution in [0.1, 0.15) is 31.4 Å². The number of fused-ring (bicyclic) bond motifs is 1. The molecule has 4 aliphatic heterocycles. The van der Waals surface area contributed by atoms with Crippen molar-refractivity contribution in [3.63, 3.8) is 0 Å². The summed E-state index contributed by atoms with van der Waals surface area (Å²) in [5.74, 6) is 0.0734. The fourth-order valence-corrected chi connectivity index (χ4v) is 7.83. The van der Waals surface area contributed by atoms with Crippen molar-refractivity contribution in [3.8, 4) is 5.88 Å². The second-order valence-electron chi connectivity index (χ2n) is 11.4. The largest absolute Gasteiger partial charge is 0.382 e. The Morgan fingerprint density at radius 3 is 2.30 bits per heavy atom. The lowest BCUT2D eigenvalue weighted by Crippen LogP contribution is -2.81. The predicted molar refractivity (Wildman–Crippen MR) is 155 cm³/mol. The Balaban J connectivity index is 1.51. The molecule has 4 aliphatic rings. The van der Waals surface area contributed by atoms with E-state index < -0.39 is 11.3 Å². The zero-order chi connectivity index (χ0) is 26.8. The van der Waals surface area contributed by atoms with Crippen LogP contribution in [0.3, 0.4) is 0 Å². The molecule has 4 saturated heterocycles. The number of hydrogen-bond acceptors (Lipinski definition) is 9. The van der Waals surface area contributed by atoms with Gasteiger partial charge in [0.1, 0.15) is 5.54 Å². The Kier molecular flexibility index (Phi) is 7.42. The molecule has 0 spiro atoms. The number of ether oxygens (including phenoxy) is 1. The number of piperazine rings is 1. The summed E-state index contributed by atoms with van der Waals surface area (Å²) in [7, 11) is 0. The number of hydrogen-bond donors (Lipinski definition) is 1. The highest BCUT2D eigenvalue weighted by Crippen LogP contribution is 2.55. The van der Waals surface area contributed by atoms with Crippen LogP contribution in [0.25, 0.3) is 10.8 Å². The highest BCUT2D eigenvalue weighted by molar-refractivity contribution is 5.85. The van der Waals surface area contributed by atoms with Crippen molar-refractivity contribution in [1.29, 1.82) is 0 Å². The van der Waals surface area contributed by atoms with Crippen LogP contribution in [-0.2, 0) is 10.3 Å². The Morgan fingerprint density at radius 2 is 1.50 bits per heavy atom. The highest BCUT2D eigenvalue weighted by atomic mass is 16.7. The van der Waals surface area contributed by atoms with Crippen LogP contribution in [0, 0.1) is 0 Å². The molecule has 212 valence electrons. The summed E-state index contributed by atoms with van der Waals surface area (Å²) in [6, 6.07) is 16.9. The van der Waals surface area contributed by atoms with Crippen molar-refractivity contribution in [1.82, 2.24) is 35.0 Å². The Labute approximate surface area is 237 Å². The van der Waals surface area contributed by atoms with Gasteiger partial charge in [-0.15, -0.1) is 5.06 Å². The summed E-state index contributed by atoms with van der Waals surface area (Å²) in [6.07, 6.45) is 8.38. The van der Waals surface area contributed by atoms with Gasteiger partial charge < -0.3 is 14.9 Å². The molecule has 9 heteroatoms. The number of pyridine rings is 2. The van der Waals surface area contributed by atoms with Crippen LogP contribution in [0.5, 0.6) is 5.88 Å². The number of likely N-dealkylation sites (tertiary alicyclic amines) is 1. The van der Waals surface area contributed by atoms with Crippen LogP contribution < -0.4 is 10.2 Å². The third kappa shape index (κ3) is 4.22. The van der Waals surface area contributed by atoms with Gasteiger partial charge in [-0.3, -0.25) is 19.7 Å². The minimum atomic E-state index is -0.568. The maximum Gasteiger partial charge on any atom is 0.238 e. The second kappa shape index (κ2) is 11.3. The normalized spacial score (nSPS) is 29.6. The molecule has 3 aromatic rings. The van der Waals surface area contributed by atoms with Crippen LogP contribution in [0.2, 0.25) is 0 Å². The van der Waals surface area contributed by atoms with E-state index in [2.05, 4.69) is 60.4 Å². The van der Waals surface area contributed by atoms with Crippen molar-refractivity contribution in [2.75, 3.05) is 72.1 Å². The third-order valence-corrected chi connectivity index (χ3v) is 9.39. The van der Waals surface area contributed by atoms with Gasteiger partial charge in [0.15, 0.2) is 5.79 Å². The molecular weight excluding hydrogens is 502 g/mol. The van der Waals surface area contributed by atoms with Crippen molar-refractivity contribution < 1.29 is 9.57 Å². The summed E-state index contributed by atoms with van der Waals surface area (Å²) in [5.41, 5.74) is 0.713. The molecule has 1 N–H and O–H groups in total. The van der Waals surface area contributed by atoms with Gasteiger partial charge in [0, 0.05) is 82.7 Å². The average molecular weight is 544 g/mol. The van der Waals surface area contributed by atoms with Gasteiger partial charge in [-0.2, -0.15) is 0 Å². The van der Waals surface area contributed by atoms with Gasteiger partial charge in [-0.1, -0.05) is 36.8 Å². The molecule has 6 heterocycles. The molecule has 2 aromatic heterocycles. The topological polar surface area (TPSA) is 69.2 Å². The van der Waals surface area contributed by atoms with Gasteiger partial charge in [0.25, 0.3) is 0 Å². The lowest BCUT2D eigenvalue weighted by molar-refractivity contribution is -0.303. The van der Waals surface area contributed by atoms with Crippen LogP contribution >= 0.6 is 0 Å². The van der Waals surface area contributed by atoms with Gasteiger partial charge in [0.05, 0.1) is 18.9 Å². The van der Waals surface area contributed by atoms with E-state index in [1.165, 1.54) is 30.0 Å². The fraction of sp³-hybridized carbons (Fsp3) is 0.548. The highest BCUT2D eigenvalue weighted by Gasteiger charge is 2.71. The molecule has 40 heavy (non-hydrogen) atoms. The van der Waals surface area contributed by atoms with E-state index in [1.54, 1.807) is 0 Å². The van der Waals surface area contributed by atoms with E-state index in [9.17, 15) is 0 Å². The number of piperidine rings is 1. The number of hydroxylamine groups is 2. The molecule has 9 nitrogen and oxygen atoms in total. The third-order valence-electron chi connectivity index (χ3n) is 9.39. The molecule has 4 fully saturated rings. The Morgan fingerprint density at radius 1 is 0.725 bits per heavy atom. The lowest BCUT2D eigenvalue weighted by atomic mass is 9.78. The van der Waals surface area contributed by atoms with E-state index in [4.69, 9.17) is 14.6 Å². The molecule has 0 amide bonds. The number of nitrogens with one attached hydrogen (secondary N) is 1. The summed E-state index contributed by atoms with van der Waals surface area (Å²) in [5, 5.41) is 8.38. The maximum absolute atomic E-state index is 6.91. The first-order valence-corrected chi connectivity index (χ1v) is 15.1. The molecule has 0 bridgehead atoms. The van der Waals surface area contributed by atoms with E-state index in [-0.39, 0.29) is 0 Å². The van der Waals surface area contributed by atoms with Crippen molar-refractivity contribution in [2.24, 2.45) is 0 Å². The number of nitrogens with zero attached hydrogens (tertiary/aromatic N) is 6. The smallest absolute Gasteiger partial charge is 0.238 e. The molecule has 1 aromatic carbocycles. The van der Waals surface area contributed by atoms with Crippen LogP contribution in [-0.4, -0.2) is 108 Å². The lowest BCUT2D eigenvalue weighted by Gasteiger charge is -2.63. The van der Waals surface area contributed by atoms with Gasteiger partial charge in [-0.05, 0) is 36.8 Å². The Bertz CT molecular complexity index is 1250. The van der Waals surface area contributed by atoms with Gasteiger partial charge in [0.2, 0.25) is 5.88 Å². The minimum Gasteiger partial charge on any atom is -0.382 e. The molecule has 7 rings (SSSR count). The van der Waals surface area contributed by atoms with Crippen LogP contribution in [0.4, 0.5) is 0 Å². The zero-order valence-electron chi connectivity index (χ0n) is 23.4. The fourth-order valence-electron chi connectivity index (χ4n) is 7.83. The number of benzene rings is 1. The second-order valence-corrected chi connectivity index (χ2v) is 11.4. The molecule has 0 aliphatic carbocycles. The average Bonchev–Trinajstić information content (AvgIpc) is 3.38. The standard InChI is InChI=1S/C31H41N7O2/c1-6-17-36(18-7-1)31(37-20-15-32-16-21-37)30(35-22-24-39-25-23-35,12-19-38(31)40-28-10-4-5-13-33-28)29-27-9-3-2-8-26(27)11-14-34-29/h2-5,8-11,13-14,32H,1,6-7,12,15-25H2. The molecule has 0 saturated carbocycles. The quantitative estimate of drug-likeness (QED) is 0.506. The first kappa shape index (κ1) is 26.3. The first-order chi connectivity index (χ1) is 19.8. The first-order valence-electron chi connectivity index (χ1n) is 15.1. The van der Waals surface area contributed by atoms with Gasteiger partial charge in [-0.25, -0.2) is 4.98 Å². The molecule has 2 atom stereocenters. The van der Waals surface area contributed by atoms with E-state index in [0.717, 1.165) is 84.2 Å². The van der Waals surface area contributed by atoms with E-state index in [0.29, 0.717) is 5.88 Å². The van der Waals surface area contributed by atoms with Crippen molar-refractivity contribution in [3.05, 3.63) is 66.6 Å². The number of morpholine rings is 1. The van der Waals surface area contributed by atoms with Gasteiger partial charge >= 0.3 is 0 Å². The van der Waals surface area contributed by atoms with Crippen LogP contribution in [0.15, 0.2) is 60.9 Å². The Hall–Kier alpha value is -2.66. The number of aromatic nitrogens is 2. The SMILES string of the molecule is c1ccc(ON2CCC(c3nccc4ccccc34)(N3CCOCC3)C2(N2CCCCC2)N2CCNCC2)nc1. The summed E-state index contributed by atoms with van der Waals surface area (Å²) in [6.45, 7) is 9.81. The minimum absolute atomic E-state index is 0.443. The van der Waals surface area contributed by atoms with Crippen molar-refractivity contribution >= 4 is 10.8 Å². The number of rotatable bonds is 6. The maximum atomic E-state index is 6.91. The summed E-state index contributed by atoms with van der Waals surface area (Å²) in [4.78, 5) is 25.0. The van der Waals surface area contributed by atoms with E-state index in [1.807, 2.05) is 30.6 Å². The van der Waals surface area contributed by atoms with E-state index >= 15 is 0 Å². The predicted octanol–water partition coefficient (Wildman–Crippen LogP) is 2.90. The zero-order valence-corrected chi connectivity index (χ0v) is 23.4. The summed E-state index contributed by atoms with van der Waals surface area (Å²) >= 11 is 0. The summed E-state index contributed by atoms with van der Waals surface area (Å²) < 4.78 is 5.96. The molecule has 0 radical (unpaired) electrons. The molecular formula is C31H41N7O2. The monoisotopic (exact) mass is 543 g/mol.